The summed E-state index contributed by atoms with van der Waals surface area (Å²) in [5, 5.41) is 2.90. The van der Waals surface area contributed by atoms with Gasteiger partial charge in [-0.25, -0.2) is 0 Å². The number of rotatable bonds is 7. The summed E-state index contributed by atoms with van der Waals surface area (Å²) >= 11 is 8.00. The molecular weight excluding hydrogens is 481 g/mol. The molecule has 0 bridgehead atoms. The minimum absolute atomic E-state index is 0.0739. The maximum atomic E-state index is 12.6. The zero-order valence-corrected chi connectivity index (χ0v) is 16.3. The molecule has 1 amide bonds. The summed E-state index contributed by atoms with van der Waals surface area (Å²) in [6.07, 6.45) is 5.01. The molecule has 1 aliphatic carbocycles. The van der Waals surface area contributed by atoms with Crippen LogP contribution >= 0.6 is 34.2 Å². The van der Waals surface area contributed by atoms with Crippen molar-refractivity contribution in [2.75, 3.05) is 11.9 Å². The van der Waals surface area contributed by atoms with Crippen molar-refractivity contribution in [3.8, 4) is 11.5 Å². The molecular formula is C17H14ClF2IN2O3. The van der Waals surface area contributed by atoms with Crippen molar-refractivity contribution in [2.24, 2.45) is 5.92 Å². The Morgan fingerprint density at radius 1 is 1.35 bits per heavy atom. The second-order valence-corrected chi connectivity index (χ2v) is 7.30. The van der Waals surface area contributed by atoms with Gasteiger partial charge in [-0.1, -0.05) is 11.6 Å². The van der Waals surface area contributed by atoms with Crippen molar-refractivity contribution in [1.29, 1.82) is 0 Å². The number of hydrogen-bond donors (Lipinski definition) is 1. The highest BCUT2D eigenvalue weighted by atomic mass is 127. The molecule has 0 unspecified atom stereocenters. The monoisotopic (exact) mass is 494 g/mol. The first-order valence-electron chi connectivity index (χ1n) is 7.76. The quantitative estimate of drug-likeness (QED) is 0.552. The van der Waals surface area contributed by atoms with Gasteiger partial charge in [-0.3, -0.25) is 9.78 Å². The van der Waals surface area contributed by atoms with Crippen LogP contribution in [-0.4, -0.2) is 24.1 Å². The molecule has 9 heteroatoms. The van der Waals surface area contributed by atoms with E-state index in [1.165, 1.54) is 30.6 Å². The van der Waals surface area contributed by atoms with Gasteiger partial charge in [-0.15, -0.1) is 0 Å². The van der Waals surface area contributed by atoms with E-state index in [2.05, 4.69) is 15.0 Å². The highest BCUT2D eigenvalue weighted by molar-refractivity contribution is 14.1. The molecule has 1 aromatic carbocycles. The van der Waals surface area contributed by atoms with E-state index < -0.39 is 12.5 Å². The number of aromatic nitrogens is 1. The fraction of sp³-hybridized carbons (Fsp3) is 0.294. The first-order valence-corrected chi connectivity index (χ1v) is 9.21. The summed E-state index contributed by atoms with van der Waals surface area (Å²) in [7, 11) is 0. The van der Waals surface area contributed by atoms with E-state index in [1.54, 1.807) is 0 Å². The van der Waals surface area contributed by atoms with Gasteiger partial charge in [-0.2, -0.15) is 8.78 Å². The van der Waals surface area contributed by atoms with E-state index in [4.69, 9.17) is 16.3 Å². The van der Waals surface area contributed by atoms with Crippen LogP contribution in [0.15, 0.2) is 30.6 Å². The molecule has 1 aliphatic rings. The Labute approximate surface area is 167 Å². The lowest BCUT2D eigenvalue weighted by atomic mass is 10.2. The van der Waals surface area contributed by atoms with Crippen LogP contribution in [0.4, 0.5) is 14.5 Å². The Morgan fingerprint density at radius 2 is 2.12 bits per heavy atom. The van der Waals surface area contributed by atoms with Crippen molar-refractivity contribution in [1.82, 2.24) is 4.98 Å². The number of halogens is 4. The molecule has 0 radical (unpaired) electrons. The predicted molar refractivity (Wildman–Crippen MR) is 101 cm³/mol. The van der Waals surface area contributed by atoms with E-state index in [0.717, 1.165) is 12.8 Å². The zero-order chi connectivity index (χ0) is 18.7. The van der Waals surface area contributed by atoms with Crippen LogP contribution in [-0.2, 0) is 0 Å². The van der Waals surface area contributed by atoms with E-state index in [-0.39, 0.29) is 22.1 Å². The van der Waals surface area contributed by atoms with Crippen LogP contribution in [0.5, 0.6) is 11.5 Å². The Morgan fingerprint density at radius 3 is 2.77 bits per heavy atom. The van der Waals surface area contributed by atoms with E-state index >= 15 is 0 Å². The number of benzene rings is 1. The third kappa shape index (κ3) is 4.94. The lowest BCUT2D eigenvalue weighted by molar-refractivity contribution is -0.0515. The largest absolute Gasteiger partial charge is 0.489 e. The molecule has 5 nitrogen and oxygen atoms in total. The second kappa shape index (κ2) is 8.34. The Kier molecular flexibility index (Phi) is 6.13. The summed E-state index contributed by atoms with van der Waals surface area (Å²) in [5.74, 6) is 0.0861. The minimum Gasteiger partial charge on any atom is -0.489 e. The zero-order valence-electron chi connectivity index (χ0n) is 13.3. The first kappa shape index (κ1) is 19.1. The van der Waals surface area contributed by atoms with Gasteiger partial charge in [0.05, 0.1) is 17.2 Å². The van der Waals surface area contributed by atoms with Gasteiger partial charge in [-0.05, 0) is 53.5 Å². The van der Waals surface area contributed by atoms with Crippen molar-refractivity contribution in [3.63, 3.8) is 0 Å². The van der Waals surface area contributed by atoms with Gasteiger partial charge in [0.1, 0.15) is 0 Å². The number of amides is 1. The first-order chi connectivity index (χ1) is 12.4. The van der Waals surface area contributed by atoms with E-state index in [9.17, 15) is 13.6 Å². The predicted octanol–water partition coefficient (Wildman–Crippen LogP) is 4.98. The average Bonchev–Trinajstić information content (AvgIpc) is 3.38. The second-order valence-electron chi connectivity index (χ2n) is 5.73. The number of carbonyl (C=O) groups is 1. The number of carbonyl (C=O) groups excluding carboxylic acids is 1. The summed E-state index contributed by atoms with van der Waals surface area (Å²) in [5.41, 5.74) is 0.668. The third-order valence-electron chi connectivity index (χ3n) is 3.67. The summed E-state index contributed by atoms with van der Waals surface area (Å²) < 4.78 is 35.8. The van der Waals surface area contributed by atoms with Crippen molar-refractivity contribution in [2.45, 2.75) is 19.5 Å². The molecule has 1 fully saturated rings. The fourth-order valence-corrected chi connectivity index (χ4v) is 3.31. The molecule has 1 aromatic heterocycles. The van der Waals surface area contributed by atoms with Gasteiger partial charge in [0.25, 0.3) is 5.91 Å². The molecule has 1 N–H and O–H groups in total. The number of ether oxygens (including phenoxy) is 2. The molecule has 26 heavy (non-hydrogen) atoms. The lowest BCUT2D eigenvalue weighted by Gasteiger charge is -2.14. The summed E-state index contributed by atoms with van der Waals surface area (Å²) in [6, 6.07) is 4.25. The number of pyridine rings is 1. The summed E-state index contributed by atoms with van der Waals surface area (Å²) in [4.78, 5) is 16.4. The van der Waals surface area contributed by atoms with Gasteiger partial charge in [0.15, 0.2) is 11.5 Å². The number of nitrogens with zero attached hydrogens (tertiary/aromatic N) is 1. The molecule has 0 atom stereocenters. The molecule has 3 rings (SSSR count). The van der Waals surface area contributed by atoms with Crippen molar-refractivity contribution >= 4 is 45.8 Å². The molecule has 2 aromatic rings. The maximum absolute atomic E-state index is 12.6. The number of alkyl halides is 2. The van der Waals surface area contributed by atoms with Gasteiger partial charge in [0.2, 0.25) is 0 Å². The molecule has 0 aliphatic heterocycles. The lowest BCUT2D eigenvalue weighted by Crippen LogP contribution is -2.15. The van der Waals surface area contributed by atoms with Crippen LogP contribution in [0, 0.1) is 9.49 Å². The Hall–Kier alpha value is -1.68. The standard InChI is InChI=1S/C17H14ClF2IN2O3/c18-11-6-22-7-12(21)15(11)16(24)23-10-3-4-13(26-17(19)20)14(5-10)25-8-9-1-2-9/h3-7,9,17H,1-2,8H2,(H,23,24). The highest BCUT2D eigenvalue weighted by Crippen LogP contribution is 2.35. The minimum atomic E-state index is -2.96. The Bertz CT molecular complexity index is 798. The van der Waals surface area contributed by atoms with Crippen LogP contribution in [0.1, 0.15) is 23.2 Å². The molecule has 1 saturated carbocycles. The van der Waals surface area contributed by atoms with Crippen molar-refractivity contribution < 1.29 is 23.0 Å². The van der Waals surface area contributed by atoms with Crippen molar-refractivity contribution in [3.05, 3.63) is 44.7 Å². The normalized spacial score (nSPS) is 13.6. The molecule has 0 spiro atoms. The van der Waals surface area contributed by atoms with Crippen LogP contribution < -0.4 is 14.8 Å². The van der Waals surface area contributed by atoms with Crippen LogP contribution in [0.2, 0.25) is 5.02 Å². The number of anilines is 1. The van der Waals surface area contributed by atoms with Crippen LogP contribution in [0.25, 0.3) is 0 Å². The fourth-order valence-electron chi connectivity index (χ4n) is 2.21. The Balaban J connectivity index is 1.80. The molecule has 1 heterocycles. The average molecular weight is 495 g/mol. The van der Waals surface area contributed by atoms with Gasteiger partial charge >= 0.3 is 6.61 Å². The number of hydrogen-bond acceptors (Lipinski definition) is 4. The van der Waals surface area contributed by atoms with Crippen LogP contribution in [0.3, 0.4) is 0 Å². The highest BCUT2D eigenvalue weighted by Gasteiger charge is 2.23. The smallest absolute Gasteiger partial charge is 0.387 e. The van der Waals surface area contributed by atoms with E-state index in [1.807, 2.05) is 22.6 Å². The number of nitrogens with one attached hydrogen (secondary N) is 1. The molecule has 0 saturated heterocycles. The maximum Gasteiger partial charge on any atom is 0.387 e. The third-order valence-corrected chi connectivity index (χ3v) is 4.77. The molecule has 138 valence electrons. The van der Waals surface area contributed by atoms with Gasteiger partial charge in [0, 0.05) is 27.7 Å². The van der Waals surface area contributed by atoms with Gasteiger partial charge < -0.3 is 14.8 Å². The topological polar surface area (TPSA) is 60.5 Å². The SMILES string of the molecule is O=C(Nc1ccc(OC(F)F)c(OCC2CC2)c1)c1c(Cl)cncc1I. The summed E-state index contributed by atoms with van der Waals surface area (Å²) in [6.45, 7) is -2.54. The van der Waals surface area contributed by atoms with E-state index in [0.29, 0.717) is 21.8 Å².